The Balaban J connectivity index is 1.32. The van der Waals surface area contributed by atoms with Gasteiger partial charge in [-0.3, -0.25) is 20.0 Å². The minimum atomic E-state index is -3.28. The second-order valence-electron chi connectivity index (χ2n) is 8.86. The molecule has 1 aliphatic carbocycles. The molecule has 2 saturated heterocycles. The van der Waals surface area contributed by atoms with Crippen LogP contribution in [0.4, 0.5) is 5.13 Å². The molecule has 0 radical (unpaired) electrons. The van der Waals surface area contributed by atoms with E-state index in [1.54, 1.807) is 24.3 Å². The number of thiazole rings is 1. The van der Waals surface area contributed by atoms with Gasteiger partial charge in [-0.1, -0.05) is 12.1 Å². The summed E-state index contributed by atoms with van der Waals surface area (Å²) in [5.74, 6) is -0.350. The number of sulfone groups is 1. The fourth-order valence-corrected chi connectivity index (χ4v) is 6.48. The summed E-state index contributed by atoms with van der Waals surface area (Å²) >= 11 is 1.39. The number of nitrogens with zero attached hydrogens (tertiary/aromatic N) is 4. The summed E-state index contributed by atoms with van der Waals surface area (Å²) < 4.78 is 30.5. The molecule has 0 bridgehead atoms. The summed E-state index contributed by atoms with van der Waals surface area (Å²) in [7, 11) is -3.28. The van der Waals surface area contributed by atoms with Crippen LogP contribution in [0.2, 0.25) is 0 Å². The zero-order valence-corrected chi connectivity index (χ0v) is 20.6. The minimum Gasteiger partial charge on any atom is -0.379 e. The molecular formula is C23H29N5O4S2. The molecule has 34 heavy (non-hydrogen) atoms. The highest BCUT2D eigenvalue weighted by Crippen LogP contribution is 2.33. The molecule has 1 aromatic heterocycles. The number of anilines is 1. The lowest BCUT2D eigenvalue weighted by Gasteiger charge is -2.25. The van der Waals surface area contributed by atoms with Crippen LogP contribution in [0.3, 0.4) is 0 Å². The molecule has 9 nitrogen and oxygen atoms in total. The quantitative estimate of drug-likeness (QED) is 0.552. The van der Waals surface area contributed by atoms with E-state index in [9.17, 15) is 13.2 Å². The summed E-state index contributed by atoms with van der Waals surface area (Å²) in [6.45, 7) is 5.52. The van der Waals surface area contributed by atoms with Crippen molar-refractivity contribution in [2.45, 2.75) is 42.4 Å². The zero-order valence-electron chi connectivity index (χ0n) is 19.0. The highest BCUT2D eigenvalue weighted by molar-refractivity contribution is 7.92. The Bertz CT molecular complexity index is 1150. The molecule has 5 rings (SSSR count). The normalized spacial score (nSPS) is 20.0. The molecule has 3 heterocycles. The third-order valence-electron chi connectivity index (χ3n) is 6.22. The topological polar surface area (TPSA) is 104 Å². The van der Waals surface area contributed by atoms with Crippen molar-refractivity contribution in [3.05, 3.63) is 40.9 Å². The maximum absolute atomic E-state index is 13.3. The smallest absolute Gasteiger partial charge is 0.278 e. The van der Waals surface area contributed by atoms with Crippen LogP contribution in [0.25, 0.3) is 0 Å². The minimum absolute atomic E-state index is 0.266. The Hall–Kier alpha value is -2.34. The fraction of sp³-hybridized carbons (Fsp3) is 0.522. The van der Waals surface area contributed by atoms with Gasteiger partial charge in [0.05, 0.1) is 29.1 Å². The van der Waals surface area contributed by atoms with Crippen LogP contribution in [-0.4, -0.2) is 79.6 Å². The van der Waals surface area contributed by atoms with Crippen molar-refractivity contribution in [3.63, 3.8) is 0 Å². The lowest BCUT2D eigenvalue weighted by atomic mass is 10.1. The van der Waals surface area contributed by atoms with Gasteiger partial charge in [0.15, 0.2) is 20.7 Å². The second kappa shape index (κ2) is 10.1. The number of ether oxygens (including phenoxy) is 1. The van der Waals surface area contributed by atoms with Crippen LogP contribution in [-0.2, 0) is 25.9 Å². The first kappa shape index (κ1) is 23.4. The van der Waals surface area contributed by atoms with Crippen LogP contribution in [0, 0.1) is 0 Å². The predicted molar refractivity (Wildman–Crippen MR) is 131 cm³/mol. The Morgan fingerprint density at radius 1 is 1.12 bits per heavy atom. The molecule has 0 spiro atoms. The van der Waals surface area contributed by atoms with Gasteiger partial charge in [-0.15, -0.1) is 11.3 Å². The third-order valence-corrected chi connectivity index (χ3v) is 9.30. The van der Waals surface area contributed by atoms with E-state index < -0.39 is 9.84 Å². The van der Waals surface area contributed by atoms with Crippen LogP contribution in [0.1, 0.15) is 36.9 Å². The molecule has 1 N–H and O–H groups in total. The van der Waals surface area contributed by atoms with Gasteiger partial charge < -0.3 is 4.74 Å². The molecule has 2 aromatic rings. The molecule has 0 atom stereocenters. The number of carbonyl (C=O) groups is 1. The number of hydrogen-bond acceptors (Lipinski definition) is 9. The molecule has 2 aliphatic heterocycles. The lowest BCUT2D eigenvalue weighted by molar-refractivity contribution is -0.110. The van der Waals surface area contributed by atoms with E-state index in [1.165, 1.54) is 11.3 Å². The highest BCUT2D eigenvalue weighted by Gasteiger charge is 2.36. The van der Waals surface area contributed by atoms with Crippen LogP contribution in [0.5, 0.6) is 0 Å². The van der Waals surface area contributed by atoms with Gasteiger partial charge in [0, 0.05) is 43.7 Å². The molecule has 182 valence electrons. The zero-order chi connectivity index (χ0) is 23.5. The van der Waals surface area contributed by atoms with E-state index in [2.05, 4.69) is 20.3 Å². The molecule has 1 aromatic carbocycles. The average Bonchev–Trinajstić information content (AvgIpc) is 3.43. The van der Waals surface area contributed by atoms with Crippen molar-refractivity contribution in [1.82, 2.24) is 14.9 Å². The van der Waals surface area contributed by atoms with Crippen molar-refractivity contribution < 1.29 is 17.9 Å². The lowest BCUT2D eigenvalue weighted by Crippen LogP contribution is -2.35. The fourth-order valence-electron chi connectivity index (χ4n) is 4.13. The number of morpholine rings is 1. The Labute approximate surface area is 203 Å². The summed E-state index contributed by atoms with van der Waals surface area (Å²) in [6, 6.07) is 6.52. The van der Waals surface area contributed by atoms with Crippen molar-refractivity contribution in [2.24, 2.45) is 5.10 Å². The Kier molecular flexibility index (Phi) is 6.96. The molecule has 11 heteroatoms. The maximum Gasteiger partial charge on any atom is 0.278 e. The number of benzene rings is 1. The van der Waals surface area contributed by atoms with Gasteiger partial charge in [-0.25, -0.2) is 13.4 Å². The summed E-state index contributed by atoms with van der Waals surface area (Å²) in [6.07, 6.45) is 3.51. The number of amides is 1. The molecule has 1 saturated carbocycles. The van der Waals surface area contributed by atoms with Gasteiger partial charge in [-0.2, -0.15) is 5.10 Å². The van der Waals surface area contributed by atoms with E-state index in [4.69, 9.17) is 4.74 Å². The summed E-state index contributed by atoms with van der Waals surface area (Å²) in [5, 5.41) is 11.6. The molecule has 0 unspecified atom stereocenters. The second-order valence-corrected chi connectivity index (χ2v) is 12.0. The van der Waals surface area contributed by atoms with Crippen LogP contribution >= 0.6 is 11.3 Å². The van der Waals surface area contributed by atoms with Crippen molar-refractivity contribution in [1.29, 1.82) is 0 Å². The number of aromatic nitrogens is 1. The largest absolute Gasteiger partial charge is 0.379 e. The van der Waals surface area contributed by atoms with Crippen LogP contribution < -0.4 is 5.32 Å². The van der Waals surface area contributed by atoms with Crippen LogP contribution in [0.15, 0.2) is 39.6 Å². The van der Waals surface area contributed by atoms with Gasteiger partial charge in [0.1, 0.15) is 0 Å². The van der Waals surface area contributed by atoms with E-state index in [1.807, 2.05) is 10.4 Å². The van der Waals surface area contributed by atoms with Gasteiger partial charge in [-0.05, 0) is 37.8 Å². The number of nitrogens with one attached hydrogen (secondary N) is 1. The molecule has 1 amide bonds. The highest BCUT2D eigenvalue weighted by atomic mass is 32.2. The van der Waals surface area contributed by atoms with Gasteiger partial charge in [0.25, 0.3) is 5.91 Å². The van der Waals surface area contributed by atoms with Crippen molar-refractivity contribution in [3.8, 4) is 0 Å². The summed E-state index contributed by atoms with van der Waals surface area (Å²) in [4.78, 5) is 20.4. The monoisotopic (exact) mass is 503 g/mol. The first-order chi connectivity index (χ1) is 16.5. The van der Waals surface area contributed by atoms with E-state index in [0.717, 1.165) is 77.3 Å². The first-order valence-corrected chi connectivity index (χ1v) is 14.2. The van der Waals surface area contributed by atoms with Crippen molar-refractivity contribution >= 4 is 37.9 Å². The number of rotatable bonds is 8. The molecule has 3 aliphatic rings. The predicted octanol–water partition coefficient (Wildman–Crippen LogP) is 2.35. The number of hydrogen-bond donors (Lipinski definition) is 1. The van der Waals surface area contributed by atoms with Gasteiger partial charge >= 0.3 is 0 Å². The molecular weight excluding hydrogens is 474 g/mol. The Morgan fingerprint density at radius 3 is 2.50 bits per heavy atom. The third kappa shape index (κ3) is 5.48. The molecule has 3 fully saturated rings. The number of hydrazone groups is 1. The first-order valence-electron chi connectivity index (χ1n) is 11.7. The van der Waals surface area contributed by atoms with E-state index in [-0.39, 0.29) is 16.9 Å². The van der Waals surface area contributed by atoms with E-state index >= 15 is 0 Å². The van der Waals surface area contributed by atoms with E-state index in [0.29, 0.717) is 15.6 Å². The van der Waals surface area contributed by atoms with Gasteiger partial charge in [0.2, 0.25) is 0 Å². The summed E-state index contributed by atoms with van der Waals surface area (Å²) in [5.41, 5.74) is 1.77. The SMILES string of the molecule is O=C(Nc1nc(CN2CCOCC2)cs1)/C(=N/N1CCCC1)c1ccc(S(=O)(=O)C2CC2)cc1. The number of carbonyl (C=O) groups excluding carboxylic acids is 1. The standard InChI is InChI=1S/C23H29N5O4S2/c29-22(25-23-24-18(16-33-23)15-27-11-13-32-14-12-27)21(26-28-9-1-2-10-28)17-3-5-19(6-4-17)34(30,31)20-7-8-20/h3-6,16,20H,1-2,7-15H2,(H,24,25,29)/b26-21+. The average molecular weight is 504 g/mol. The van der Waals surface area contributed by atoms with Crippen molar-refractivity contribution in [2.75, 3.05) is 44.7 Å². The maximum atomic E-state index is 13.3. The Morgan fingerprint density at radius 2 is 1.82 bits per heavy atom.